The van der Waals surface area contributed by atoms with Gasteiger partial charge in [0, 0.05) is 35.7 Å². The number of nitrogens with one attached hydrogen (secondary N) is 2. The summed E-state index contributed by atoms with van der Waals surface area (Å²) in [6.45, 7) is 1.79. The Morgan fingerprint density at radius 2 is 2.21 bits per heavy atom. The fourth-order valence-electron chi connectivity index (χ4n) is 3.23. The van der Waals surface area contributed by atoms with Crippen LogP contribution >= 0.6 is 11.3 Å². The Balaban J connectivity index is 1.68. The number of nitro groups is 1. The van der Waals surface area contributed by atoms with Crippen LogP contribution in [0.1, 0.15) is 32.5 Å². The summed E-state index contributed by atoms with van der Waals surface area (Å²) in [6, 6.07) is 6.34. The van der Waals surface area contributed by atoms with Gasteiger partial charge in [-0.15, -0.1) is 11.3 Å². The summed E-state index contributed by atoms with van der Waals surface area (Å²) in [6.07, 6.45) is 0.413. The van der Waals surface area contributed by atoms with E-state index in [1.54, 1.807) is 23.5 Å². The smallest absolute Gasteiger partial charge is 0.269 e. The number of non-ortho nitro benzene ring substituents is 1. The summed E-state index contributed by atoms with van der Waals surface area (Å²) in [4.78, 5) is 26.6. The van der Waals surface area contributed by atoms with Crippen molar-refractivity contribution >= 4 is 27.9 Å². The van der Waals surface area contributed by atoms with Gasteiger partial charge in [0.2, 0.25) is 0 Å². The van der Waals surface area contributed by atoms with Gasteiger partial charge in [-0.3, -0.25) is 14.9 Å². The summed E-state index contributed by atoms with van der Waals surface area (Å²) in [5.74, 6) is -0.109. The van der Waals surface area contributed by atoms with E-state index in [0.717, 1.165) is 35.6 Å². The number of nitro benzene ring substituents is 1. The van der Waals surface area contributed by atoms with Crippen molar-refractivity contribution in [2.75, 3.05) is 18.9 Å². The molecule has 1 aromatic carbocycles. The lowest BCUT2D eigenvalue weighted by molar-refractivity contribution is -0.384. The van der Waals surface area contributed by atoms with E-state index in [4.69, 9.17) is 0 Å². The van der Waals surface area contributed by atoms with Gasteiger partial charge in [0.25, 0.3) is 11.6 Å². The van der Waals surface area contributed by atoms with Crippen LogP contribution in [0, 0.1) is 10.1 Å². The molecule has 2 aromatic rings. The number of carbonyl (C=O) groups excluding carboxylic acids is 1. The summed E-state index contributed by atoms with van der Waals surface area (Å²) < 4.78 is 0. The van der Waals surface area contributed by atoms with Crippen LogP contribution in [0.4, 0.5) is 10.7 Å². The largest absolute Gasteiger partial charge is 0.353 e. The van der Waals surface area contributed by atoms with Crippen LogP contribution in [-0.2, 0) is 13.0 Å². The number of carbonyl (C=O) groups is 1. The van der Waals surface area contributed by atoms with Crippen LogP contribution in [0.15, 0.2) is 24.3 Å². The number of fused-ring (bicyclic) bond motifs is 3. The number of thiophene rings is 1. The summed E-state index contributed by atoms with van der Waals surface area (Å²) in [7, 11) is 2.07. The molecule has 124 valence electrons. The van der Waals surface area contributed by atoms with Crippen molar-refractivity contribution in [3.8, 4) is 0 Å². The molecule has 0 bridgehead atoms. The minimum absolute atomic E-state index is 0.0152. The van der Waals surface area contributed by atoms with Crippen molar-refractivity contribution < 1.29 is 9.72 Å². The van der Waals surface area contributed by atoms with Crippen LogP contribution in [0.2, 0.25) is 0 Å². The number of hydrogen-bond donors (Lipinski definition) is 2. The van der Waals surface area contributed by atoms with E-state index >= 15 is 0 Å². The van der Waals surface area contributed by atoms with Crippen molar-refractivity contribution in [1.29, 1.82) is 0 Å². The molecule has 2 aliphatic heterocycles. The number of likely N-dealkylation sites (N-methyl/N-ethyl adjacent to an activating group) is 1. The van der Waals surface area contributed by atoms with Crippen molar-refractivity contribution in [1.82, 2.24) is 10.2 Å². The summed E-state index contributed by atoms with van der Waals surface area (Å²) >= 11 is 1.61. The van der Waals surface area contributed by atoms with E-state index in [1.807, 2.05) is 0 Å². The predicted molar refractivity (Wildman–Crippen MR) is 91.3 cm³/mol. The molecule has 4 rings (SSSR count). The number of hydrogen-bond acceptors (Lipinski definition) is 6. The Labute approximate surface area is 142 Å². The van der Waals surface area contributed by atoms with Crippen molar-refractivity contribution in [2.45, 2.75) is 19.1 Å². The number of benzene rings is 1. The molecule has 0 aliphatic carbocycles. The first-order valence-electron chi connectivity index (χ1n) is 7.68. The van der Waals surface area contributed by atoms with Gasteiger partial charge >= 0.3 is 0 Å². The average Bonchev–Trinajstić information content (AvgIpc) is 2.92. The van der Waals surface area contributed by atoms with Gasteiger partial charge in [-0.1, -0.05) is 12.1 Å². The van der Waals surface area contributed by atoms with Gasteiger partial charge in [-0.05, 0) is 19.0 Å². The third-order valence-electron chi connectivity index (χ3n) is 4.44. The molecule has 0 spiro atoms. The molecule has 3 heterocycles. The predicted octanol–water partition coefficient (Wildman–Crippen LogP) is 2.50. The number of anilines is 1. The van der Waals surface area contributed by atoms with Crippen LogP contribution < -0.4 is 10.6 Å². The van der Waals surface area contributed by atoms with Crippen LogP contribution in [0.5, 0.6) is 0 Å². The van der Waals surface area contributed by atoms with Crippen LogP contribution in [-0.4, -0.2) is 29.3 Å². The van der Waals surface area contributed by atoms with Crippen LogP contribution in [0.3, 0.4) is 0 Å². The molecule has 24 heavy (non-hydrogen) atoms. The van der Waals surface area contributed by atoms with E-state index in [9.17, 15) is 14.9 Å². The Kier molecular flexibility index (Phi) is 3.50. The highest BCUT2D eigenvalue weighted by atomic mass is 32.1. The van der Waals surface area contributed by atoms with E-state index in [0.29, 0.717) is 5.56 Å². The lowest BCUT2D eigenvalue weighted by Crippen LogP contribution is -2.38. The minimum atomic E-state index is -0.456. The molecule has 7 nitrogen and oxygen atoms in total. The van der Waals surface area contributed by atoms with Crippen molar-refractivity contribution in [3.63, 3.8) is 0 Å². The van der Waals surface area contributed by atoms with Gasteiger partial charge in [0.05, 0.1) is 10.5 Å². The molecule has 0 saturated carbocycles. The molecular formula is C16H16N4O3S. The Hall–Kier alpha value is -2.45. The Bertz CT molecular complexity index is 848. The summed E-state index contributed by atoms with van der Waals surface area (Å²) in [5.41, 5.74) is 2.56. The second-order valence-electron chi connectivity index (χ2n) is 6.10. The molecule has 1 amide bonds. The molecule has 1 aromatic heterocycles. The zero-order valence-corrected chi connectivity index (χ0v) is 13.9. The molecule has 0 radical (unpaired) electrons. The highest BCUT2D eigenvalue weighted by molar-refractivity contribution is 7.16. The lowest BCUT2D eigenvalue weighted by atomic mass is 10.0. The van der Waals surface area contributed by atoms with Crippen molar-refractivity contribution in [3.05, 3.63) is 55.9 Å². The molecule has 0 fully saturated rings. The highest BCUT2D eigenvalue weighted by Crippen LogP contribution is 2.40. The van der Waals surface area contributed by atoms with E-state index < -0.39 is 11.1 Å². The fourth-order valence-corrected chi connectivity index (χ4v) is 4.58. The quantitative estimate of drug-likeness (QED) is 0.646. The number of amides is 1. The molecule has 0 saturated heterocycles. The van der Waals surface area contributed by atoms with Gasteiger partial charge in [0.15, 0.2) is 0 Å². The van der Waals surface area contributed by atoms with Gasteiger partial charge in [-0.2, -0.15) is 0 Å². The Morgan fingerprint density at radius 1 is 1.38 bits per heavy atom. The fraction of sp³-hybridized carbons (Fsp3) is 0.312. The molecule has 0 unspecified atom stereocenters. The second kappa shape index (κ2) is 5.57. The van der Waals surface area contributed by atoms with Gasteiger partial charge in [-0.25, -0.2) is 0 Å². The third-order valence-corrected chi connectivity index (χ3v) is 5.59. The first-order chi connectivity index (χ1) is 11.5. The molecular weight excluding hydrogens is 328 g/mol. The second-order valence-corrected chi connectivity index (χ2v) is 7.20. The maximum Gasteiger partial charge on any atom is 0.269 e. The first kappa shape index (κ1) is 15.1. The minimum Gasteiger partial charge on any atom is -0.353 e. The topological polar surface area (TPSA) is 87.5 Å². The Morgan fingerprint density at radius 3 is 3.00 bits per heavy atom. The molecule has 2 aliphatic rings. The average molecular weight is 344 g/mol. The van der Waals surface area contributed by atoms with Crippen molar-refractivity contribution in [2.24, 2.45) is 0 Å². The number of rotatable bonds is 2. The zero-order chi connectivity index (χ0) is 16.8. The summed E-state index contributed by atoms with van der Waals surface area (Å²) in [5, 5.41) is 18.1. The first-order valence-corrected chi connectivity index (χ1v) is 8.49. The molecule has 8 heteroatoms. The zero-order valence-electron chi connectivity index (χ0n) is 13.0. The monoisotopic (exact) mass is 344 g/mol. The van der Waals surface area contributed by atoms with Crippen LogP contribution in [0.25, 0.3) is 0 Å². The number of nitrogens with zero attached hydrogens (tertiary/aromatic N) is 2. The normalized spacial score (nSPS) is 19.9. The molecule has 2 N–H and O–H groups in total. The van der Waals surface area contributed by atoms with E-state index in [-0.39, 0.29) is 11.6 Å². The van der Waals surface area contributed by atoms with E-state index in [1.165, 1.54) is 17.0 Å². The maximum absolute atomic E-state index is 12.6. The van der Waals surface area contributed by atoms with E-state index in [2.05, 4.69) is 22.6 Å². The highest BCUT2D eigenvalue weighted by Gasteiger charge is 2.33. The maximum atomic E-state index is 12.6. The standard InChI is InChI=1S/C16H16N4O3S/c1-19-6-5-11-12(8-19)24-16-13(11)15(21)17-14(18-16)9-3-2-4-10(7-9)20(22)23/h2-4,7,14,18H,5-6,8H2,1H3,(H,17,21)/t14-/m0/s1. The van der Waals surface area contributed by atoms with Gasteiger partial charge in [0.1, 0.15) is 11.2 Å². The molecule has 1 atom stereocenters. The SMILES string of the molecule is CN1CCc2c(sc3c2C(=O)N[C@H](c2cccc([N+](=O)[O-])c2)N3)C1. The lowest BCUT2D eigenvalue weighted by Gasteiger charge is -2.27. The third kappa shape index (κ3) is 2.44. The van der Waals surface area contributed by atoms with Gasteiger partial charge < -0.3 is 15.5 Å².